The van der Waals surface area contributed by atoms with E-state index in [1.807, 2.05) is 0 Å². The van der Waals surface area contributed by atoms with Crippen LogP contribution in [-0.4, -0.2) is 30.7 Å². The van der Waals surface area contributed by atoms with Crippen molar-refractivity contribution in [2.24, 2.45) is 0 Å². The summed E-state index contributed by atoms with van der Waals surface area (Å²) in [6.07, 6.45) is 1.70. The molecule has 0 aromatic carbocycles. The molecule has 2 heterocycles. The second kappa shape index (κ2) is 2.15. The molecule has 9 heavy (non-hydrogen) atoms. The molecule has 0 amide bonds. The van der Waals surface area contributed by atoms with Crippen molar-refractivity contribution in [3.63, 3.8) is 0 Å². The summed E-state index contributed by atoms with van der Waals surface area (Å²) in [5, 5.41) is 0.317. The molecule has 2 saturated heterocycles. The summed E-state index contributed by atoms with van der Waals surface area (Å²) in [7, 11) is 0. The van der Waals surface area contributed by atoms with Crippen LogP contribution in [-0.2, 0) is 9.47 Å². The maximum absolute atomic E-state index is 5.39. The van der Waals surface area contributed by atoms with Gasteiger partial charge < -0.3 is 9.47 Å². The highest BCUT2D eigenvalue weighted by atomic mass is 32.1. The van der Waals surface area contributed by atoms with E-state index in [2.05, 4.69) is 12.6 Å². The molecule has 0 radical (unpaired) electrons. The van der Waals surface area contributed by atoms with Crippen LogP contribution in [0.15, 0.2) is 0 Å². The molecule has 2 aliphatic heterocycles. The first-order chi connectivity index (χ1) is 4.38. The third kappa shape index (κ3) is 0.876. The van der Waals surface area contributed by atoms with Gasteiger partial charge in [0.05, 0.1) is 24.1 Å². The number of hydrogen-bond acceptors (Lipinski definition) is 3. The van der Waals surface area contributed by atoms with Gasteiger partial charge in [-0.25, -0.2) is 0 Å². The van der Waals surface area contributed by atoms with E-state index in [4.69, 9.17) is 9.47 Å². The summed E-state index contributed by atoms with van der Waals surface area (Å²) >= 11 is 4.32. The van der Waals surface area contributed by atoms with Crippen LogP contribution in [0.1, 0.15) is 6.42 Å². The van der Waals surface area contributed by atoms with Crippen LogP contribution >= 0.6 is 12.6 Å². The number of ether oxygens (including phenoxy) is 2. The molecule has 0 aliphatic carbocycles. The summed E-state index contributed by atoms with van der Waals surface area (Å²) in [5.41, 5.74) is 0. The Hall–Kier alpha value is 0.270. The van der Waals surface area contributed by atoms with E-state index >= 15 is 0 Å². The molecule has 3 atom stereocenters. The van der Waals surface area contributed by atoms with E-state index in [0.717, 1.165) is 19.6 Å². The Labute approximate surface area is 59.9 Å². The van der Waals surface area contributed by atoms with Crippen LogP contribution in [0.25, 0.3) is 0 Å². The molecule has 2 aliphatic rings. The van der Waals surface area contributed by atoms with E-state index in [1.54, 1.807) is 0 Å². The summed E-state index contributed by atoms with van der Waals surface area (Å²) in [5.74, 6) is 0. The minimum Gasteiger partial charge on any atom is -0.374 e. The van der Waals surface area contributed by atoms with Crippen molar-refractivity contribution in [3.8, 4) is 0 Å². The summed E-state index contributed by atoms with van der Waals surface area (Å²) in [4.78, 5) is 0. The standard InChI is InChI=1S/C6H10O2S/c9-5-3-8-4-1-2-7-6(4)5/h4-6,9H,1-3H2. The molecule has 0 aromatic heterocycles. The van der Waals surface area contributed by atoms with Crippen LogP contribution < -0.4 is 0 Å². The number of thiol groups is 1. The van der Waals surface area contributed by atoms with Crippen LogP contribution in [0.3, 0.4) is 0 Å². The van der Waals surface area contributed by atoms with Crippen molar-refractivity contribution in [1.29, 1.82) is 0 Å². The minimum absolute atomic E-state index is 0.285. The lowest BCUT2D eigenvalue weighted by Crippen LogP contribution is -2.22. The zero-order valence-electron chi connectivity index (χ0n) is 5.12. The molecule has 52 valence electrons. The van der Waals surface area contributed by atoms with Gasteiger partial charge in [0.15, 0.2) is 0 Å². The fraction of sp³-hybridized carbons (Fsp3) is 1.00. The van der Waals surface area contributed by atoms with E-state index in [9.17, 15) is 0 Å². The lowest BCUT2D eigenvalue weighted by Gasteiger charge is -2.08. The monoisotopic (exact) mass is 146 g/mol. The molecule has 3 heteroatoms. The number of rotatable bonds is 0. The molecule has 0 spiro atoms. The van der Waals surface area contributed by atoms with Gasteiger partial charge >= 0.3 is 0 Å². The molecule has 0 saturated carbocycles. The molecule has 2 nitrogen and oxygen atoms in total. The van der Waals surface area contributed by atoms with Gasteiger partial charge in [-0.05, 0) is 6.42 Å². The molecular weight excluding hydrogens is 136 g/mol. The predicted octanol–water partition coefficient (Wildman–Crippen LogP) is 0.473. The van der Waals surface area contributed by atoms with Crippen LogP contribution in [0.5, 0.6) is 0 Å². The fourth-order valence-corrected chi connectivity index (χ4v) is 1.81. The Balaban J connectivity index is 2.07. The molecular formula is C6H10O2S. The SMILES string of the molecule is SC1COC2CCOC12. The van der Waals surface area contributed by atoms with Crippen LogP contribution in [0.2, 0.25) is 0 Å². The van der Waals surface area contributed by atoms with Gasteiger partial charge in [-0.1, -0.05) is 0 Å². The van der Waals surface area contributed by atoms with Crippen LogP contribution in [0.4, 0.5) is 0 Å². The average molecular weight is 146 g/mol. The van der Waals surface area contributed by atoms with Crippen molar-refractivity contribution < 1.29 is 9.47 Å². The van der Waals surface area contributed by atoms with E-state index in [0.29, 0.717) is 11.4 Å². The second-order valence-electron chi connectivity index (χ2n) is 2.56. The third-order valence-corrected chi connectivity index (χ3v) is 2.38. The Bertz CT molecular complexity index is 118. The molecule has 0 aromatic rings. The maximum atomic E-state index is 5.39. The van der Waals surface area contributed by atoms with E-state index in [-0.39, 0.29) is 6.10 Å². The summed E-state index contributed by atoms with van der Waals surface area (Å²) in [6, 6.07) is 0. The number of fused-ring (bicyclic) bond motifs is 1. The zero-order chi connectivity index (χ0) is 6.27. The quantitative estimate of drug-likeness (QED) is 0.501. The lowest BCUT2D eigenvalue weighted by molar-refractivity contribution is 0.0739. The lowest BCUT2D eigenvalue weighted by atomic mass is 10.2. The second-order valence-corrected chi connectivity index (χ2v) is 3.23. The van der Waals surface area contributed by atoms with Gasteiger partial charge in [0.1, 0.15) is 0 Å². The third-order valence-electron chi connectivity index (χ3n) is 1.94. The predicted molar refractivity (Wildman–Crippen MR) is 36.9 cm³/mol. The zero-order valence-corrected chi connectivity index (χ0v) is 6.01. The largest absolute Gasteiger partial charge is 0.374 e. The minimum atomic E-state index is 0.285. The first-order valence-corrected chi connectivity index (χ1v) is 3.81. The Morgan fingerprint density at radius 1 is 1.33 bits per heavy atom. The Morgan fingerprint density at radius 2 is 2.22 bits per heavy atom. The summed E-state index contributed by atoms with van der Waals surface area (Å²) < 4.78 is 10.8. The van der Waals surface area contributed by atoms with Gasteiger partial charge in [0.2, 0.25) is 0 Å². The molecule has 0 bridgehead atoms. The van der Waals surface area contributed by atoms with Gasteiger partial charge in [0.25, 0.3) is 0 Å². The van der Waals surface area contributed by atoms with Crippen molar-refractivity contribution in [2.75, 3.05) is 13.2 Å². The first kappa shape index (κ1) is 6.01. The molecule has 0 N–H and O–H groups in total. The van der Waals surface area contributed by atoms with Crippen LogP contribution in [0, 0.1) is 0 Å². The highest BCUT2D eigenvalue weighted by Gasteiger charge is 2.39. The first-order valence-electron chi connectivity index (χ1n) is 3.29. The van der Waals surface area contributed by atoms with Crippen molar-refractivity contribution in [2.45, 2.75) is 23.9 Å². The smallest absolute Gasteiger partial charge is 0.0975 e. The van der Waals surface area contributed by atoms with E-state index < -0.39 is 0 Å². The molecule has 3 unspecified atom stereocenters. The Morgan fingerprint density at radius 3 is 3.00 bits per heavy atom. The topological polar surface area (TPSA) is 18.5 Å². The number of hydrogen-bond donors (Lipinski definition) is 1. The van der Waals surface area contributed by atoms with Gasteiger partial charge in [-0.2, -0.15) is 12.6 Å². The van der Waals surface area contributed by atoms with E-state index in [1.165, 1.54) is 0 Å². The van der Waals surface area contributed by atoms with Crippen molar-refractivity contribution >= 4 is 12.6 Å². The maximum Gasteiger partial charge on any atom is 0.0975 e. The average Bonchev–Trinajstić information content (AvgIpc) is 2.35. The van der Waals surface area contributed by atoms with Crippen molar-refractivity contribution in [3.05, 3.63) is 0 Å². The van der Waals surface area contributed by atoms with Crippen molar-refractivity contribution in [1.82, 2.24) is 0 Å². The van der Waals surface area contributed by atoms with Gasteiger partial charge in [0, 0.05) is 6.61 Å². The molecule has 2 fully saturated rings. The summed E-state index contributed by atoms with van der Waals surface area (Å²) in [6.45, 7) is 1.62. The van der Waals surface area contributed by atoms with Gasteiger partial charge in [-0.3, -0.25) is 0 Å². The van der Waals surface area contributed by atoms with Gasteiger partial charge in [-0.15, -0.1) is 0 Å². The highest BCUT2D eigenvalue weighted by molar-refractivity contribution is 7.81. The Kier molecular flexibility index (Phi) is 1.43. The normalized spacial score (nSPS) is 49.7. The fourth-order valence-electron chi connectivity index (χ4n) is 1.45. The highest BCUT2D eigenvalue weighted by Crippen LogP contribution is 2.28. The molecule has 2 rings (SSSR count).